The average molecular weight is 171 g/mol. The van der Waals surface area contributed by atoms with Gasteiger partial charge >= 0.3 is 0 Å². The molecule has 0 atom stereocenters. The van der Waals surface area contributed by atoms with Crippen LogP contribution in [0.5, 0.6) is 0 Å². The van der Waals surface area contributed by atoms with Crippen molar-refractivity contribution in [2.75, 3.05) is 0 Å². The minimum atomic E-state index is -2.42. The van der Waals surface area contributed by atoms with Crippen molar-refractivity contribution in [1.29, 1.82) is 0 Å². The summed E-state index contributed by atoms with van der Waals surface area (Å²) in [7, 11) is 0. The molecular formula is C8H9F2N2. The van der Waals surface area contributed by atoms with E-state index in [9.17, 15) is 8.78 Å². The molecule has 0 spiro atoms. The van der Waals surface area contributed by atoms with Crippen LogP contribution in [0.3, 0.4) is 0 Å². The highest BCUT2D eigenvalue weighted by molar-refractivity contribution is 6.05. The minimum absolute atomic E-state index is 0.0671. The van der Waals surface area contributed by atoms with E-state index in [4.69, 9.17) is 0 Å². The third-order valence-corrected chi connectivity index (χ3v) is 2.16. The average Bonchev–Trinajstić information content (AvgIpc) is 2.75. The van der Waals surface area contributed by atoms with Crippen molar-refractivity contribution < 1.29 is 8.78 Å². The summed E-state index contributed by atoms with van der Waals surface area (Å²) < 4.78 is 24.9. The normalized spacial score (nSPS) is 23.2. The van der Waals surface area contributed by atoms with E-state index in [1.807, 2.05) is 0 Å². The Morgan fingerprint density at radius 2 is 2.08 bits per heavy atom. The fraction of sp³-hybridized carbons (Fsp3) is 0.625. The van der Waals surface area contributed by atoms with Crippen LogP contribution in [0.15, 0.2) is 16.4 Å². The van der Waals surface area contributed by atoms with Crippen molar-refractivity contribution >= 4 is 5.71 Å². The first-order chi connectivity index (χ1) is 5.70. The molecule has 1 aliphatic carbocycles. The fourth-order valence-electron chi connectivity index (χ4n) is 1.35. The Bertz CT molecular complexity index is 264. The lowest BCUT2D eigenvalue weighted by atomic mass is 10.1. The van der Waals surface area contributed by atoms with Gasteiger partial charge < -0.3 is 0 Å². The molecule has 1 saturated carbocycles. The van der Waals surface area contributed by atoms with Crippen LogP contribution in [0.1, 0.15) is 19.8 Å². The van der Waals surface area contributed by atoms with Crippen molar-refractivity contribution in [3.8, 4) is 0 Å². The maximum absolute atomic E-state index is 12.4. The lowest BCUT2D eigenvalue weighted by Crippen LogP contribution is -2.10. The van der Waals surface area contributed by atoms with Crippen molar-refractivity contribution in [3.63, 3.8) is 0 Å². The third-order valence-electron chi connectivity index (χ3n) is 2.16. The van der Waals surface area contributed by atoms with Gasteiger partial charge in [-0.05, 0) is 19.8 Å². The summed E-state index contributed by atoms with van der Waals surface area (Å²) in [6.45, 7) is 1.58. The van der Waals surface area contributed by atoms with Crippen molar-refractivity contribution in [1.82, 2.24) is 5.43 Å². The molecule has 0 N–H and O–H groups in total. The molecule has 1 aliphatic heterocycles. The van der Waals surface area contributed by atoms with Gasteiger partial charge in [-0.1, -0.05) is 0 Å². The molecule has 0 amide bonds. The first-order valence-corrected chi connectivity index (χ1v) is 3.98. The van der Waals surface area contributed by atoms with Crippen LogP contribution >= 0.6 is 0 Å². The van der Waals surface area contributed by atoms with E-state index in [0.29, 0.717) is 11.4 Å². The van der Waals surface area contributed by atoms with Gasteiger partial charge in [0.15, 0.2) is 0 Å². The number of rotatable bonds is 2. The number of halogens is 2. The number of hydrogen-bond donors (Lipinski definition) is 0. The Morgan fingerprint density at radius 3 is 2.58 bits per heavy atom. The first-order valence-electron chi connectivity index (χ1n) is 3.98. The highest BCUT2D eigenvalue weighted by Gasteiger charge is 2.37. The molecule has 0 saturated heterocycles. The minimum Gasteiger partial charge on any atom is -0.205 e. The van der Waals surface area contributed by atoms with Gasteiger partial charge in [0.1, 0.15) is 0 Å². The lowest BCUT2D eigenvalue weighted by molar-refractivity contribution is 0.195. The highest BCUT2D eigenvalue weighted by atomic mass is 19.3. The molecule has 0 aromatic heterocycles. The van der Waals surface area contributed by atoms with Crippen molar-refractivity contribution in [3.05, 3.63) is 11.3 Å². The number of hydrogen-bond acceptors (Lipinski definition) is 1. The molecule has 0 aromatic rings. The molecule has 2 nitrogen and oxygen atoms in total. The number of allylic oxidation sites excluding steroid dienone is 2. The molecule has 1 fully saturated rings. The zero-order chi connectivity index (χ0) is 8.72. The molecule has 2 rings (SSSR count). The van der Waals surface area contributed by atoms with E-state index in [1.54, 1.807) is 6.92 Å². The maximum Gasteiger partial charge on any atom is 0.267 e. The molecule has 12 heavy (non-hydrogen) atoms. The first kappa shape index (κ1) is 7.71. The Balaban J connectivity index is 2.24. The van der Waals surface area contributed by atoms with Crippen LogP contribution in [-0.4, -0.2) is 12.1 Å². The molecule has 4 heteroatoms. The molecule has 0 aromatic carbocycles. The van der Waals surface area contributed by atoms with Gasteiger partial charge in [0.2, 0.25) is 0 Å². The van der Waals surface area contributed by atoms with Gasteiger partial charge in [-0.3, -0.25) is 0 Å². The Morgan fingerprint density at radius 1 is 1.42 bits per heavy atom. The smallest absolute Gasteiger partial charge is 0.205 e. The topological polar surface area (TPSA) is 26.5 Å². The summed E-state index contributed by atoms with van der Waals surface area (Å²) in [6, 6.07) is 0. The second kappa shape index (κ2) is 2.54. The van der Waals surface area contributed by atoms with Crippen LogP contribution < -0.4 is 5.43 Å². The van der Waals surface area contributed by atoms with Gasteiger partial charge in [-0.15, -0.1) is 0 Å². The monoisotopic (exact) mass is 171 g/mol. The van der Waals surface area contributed by atoms with E-state index in [1.165, 1.54) is 0 Å². The van der Waals surface area contributed by atoms with Crippen LogP contribution in [0.2, 0.25) is 0 Å². The van der Waals surface area contributed by atoms with Crippen LogP contribution in [0.25, 0.3) is 0 Å². The summed E-state index contributed by atoms with van der Waals surface area (Å²) in [6.07, 6.45) is -0.453. The molecule has 2 aliphatic rings. The van der Waals surface area contributed by atoms with Crippen molar-refractivity contribution in [2.24, 2.45) is 11.0 Å². The fourth-order valence-corrected chi connectivity index (χ4v) is 1.35. The van der Waals surface area contributed by atoms with Gasteiger partial charge in [-0.2, -0.15) is 10.5 Å². The van der Waals surface area contributed by atoms with E-state index < -0.39 is 6.43 Å². The molecule has 0 unspecified atom stereocenters. The van der Waals surface area contributed by atoms with Gasteiger partial charge in [0.25, 0.3) is 6.43 Å². The second-order valence-corrected chi connectivity index (χ2v) is 3.16. The number of nitrogens with zero attached hydrogens (tertiary/aromatic N) is 2. The molecule has 1 heterocycles. The highest BCUT2D eigenvalue weighted by Crippen LogP contribution is 2.37. The summed E-state index contributed by atoms with van der Waals surface area (Å²) in [5.41, 5.74) is 4.65. The predicted octanol–water partition coefficient (Wildman–Crippen LogP) is 1.91. The zero-order valence-corrected chi connectivity index (χ0v) is 6.72. The quantitative estimate of drug-likeness (QED) is 0.606. The molecule has 1 radical (unpaired) electrons. The van der Waals surface area contributed by atoms with E-state index >= 15 is 0 Å². The van der Waals surface area contributed by atoms with Crippen LogP contribution in [0.4, 0.5) is 8.78 Å². The second-order valence-electron chi connectivity index (χ2n) is 3.16. The summed E-state index contributed by atoms with van der Waals surface area (Å²) >= 11 is 0. The molecule has 65 valence electrons. The summed E-state index contributed by atoms with van der Waals surface area (Å²) in [5.74, 6) is 0.259. The standard InChI is InChI=1S/C8H9F2N2/c1-4-6(8(9)10)7(12-11-4)5-2-3-5/h5,8H,2-3H2,1H3. The number of alkyl halides is 2. The molecular weight excluding hydrogens is 162 g/mol. The van der Waals surface area contributed by atoms with Crippen molar-refractivity contribution in [2.45, 2.75) is 26.2 Å². The Hall–Kier alpha value is -0.930. The third kappa shape index (κ3) is 1.11. The lowest BCUT2D eigenvalue weighted by Gasteiger charge is -2.02. The zero-order valence-electron chi connectivity index (χ0n) is 6.72. The SMILES string of the molecule is CC1=C(C(F)F)C(C2CC2)=N[N]1. The predicted molar refractivity (Wildman–Crippen MR) is 41.0 cm³/mol. The summed E-state index contributed by atoms with van der Waals surface area (Å²) in [5, 5.41) is 3.77. The van der Waals surface area contributed by atoms with Gasteiger partial charge in [-0.25, -0.2) is 8.78 Å². The molecule has 0 bridgehead atoms. The Labute approximate surface area is 69.3 Å². The van der Waals surface area contributed by atoms with E-state index in [0.717, 1.165) is 12.8 Å². The van der Waals surface area contributed by atoms with E-state index in [2.05, 4.69) is 10.5 Å². The van der Waals surface area contributed by atoms with Gasteiger partial charge in [0, 0.05) is 5.92 Å². The summed E-state index contributed by atoms with van der Waals surface area (Å²) in [4.78, 5) is 0. The Kier molecular flexibility index (Phi) is 1.63. The van der Waals surface area contributed by atoms with Gasteiger partial charge in [0.05, 0.1) is 17.0 Å². The maximum atomic E-state index is 12.4. The van der Waals surface area contributed by atoms with E-state index in [-0.39, 0.29) is 11.5 Å². The van der Waals surface area contributed by atoms with Crippen LogP contribution in [0, 0.1) is 5.92 Å². The largest absolute Gasteiger partial charge is 0.267 e. The van der Waals surface area contributed by atoms with Crippen LogP contribution in [-0.2, 0) is 0 Å².